The van der Waals surface area contributed by atoms with Crippen LogP contribution < -0.4 is 5.32 Å². The van der Waals surface area contributed by atoms with E-state index in [-0.39, 0.29) is 23.9 Å². The lowest BCUT2D eigenvalue weighted by Gasteiger charge is -2.42. The molecule has 1 aromatic carbocycles. The number of hydrogen-bond donors (Lipinski definition) is 2. The highest BCUT2D eigenvalue weighted by atomic mass is 16.4. The average Bonchev–Trinajstić information content (AvgIpc) is 3.40. The Balaban J connectivity index is 1.40. The van der Waals surface area contributed by atoms with E-state index in [0.29, 0.717) is 18.4 Å². The zero-order valence-corrected chi connectivity index (χ0v) is 16.5. The number of hydrogen-bond acceptors (Lipinski definition) is 3. The quantitative estimate of drug-likeness (QED) is 0.662. The molecule has 1 amide bonds. The van der Waals surface area contributed by atoms with Crippen LogP contribution in [0.1, 0.15) is 57.9 Å². The van der Waals surface area contributed by atoms with Crippen molar-refractivity contribution < 1.29 is 14.7 Å². The zero-order chi connectivity index (χ0) is 19.4. The Morgan fingerprint density at radius 1 is 1.19 bits per heavy atom. The third-order valence-corrected chi connectivity index (χ3v) is 6.06. The molecule has 0 aliphatic heterocycles. The molecule has 27 heavy (non-hydrogen) atoms. The maximum absolute atomic E-state index is 12.3. The molecule has 1 aromatic rings. The number of rotatable bonds is 10. The molecule has 148 valence electrons. The summed E-state index contributed by atoms with van der Waals surface area (Å²) >= 11 is 0. The molecule has 0 saturated heterocycles. The standard InChI is InChI=1S/C22H32N2O3/c1-22(2,17-6-4-3-5-7-17)11-10-20(25)23-18-12-19(13-18)24(15-21(26)27)14-16-8-9-16/h3-7,16,18-19H,8-15H2,1-2H3,(H,23,25)(H,26,27). The second-order valence-corrected chi connectivity index (χ2v) is 8.91. The zero-order valence-electron chi connectivity index (χ0n) is 16.5. The topological polar surface area (TPSA) is 69.6 Å². The van der Waals surface area contributed by atoms with Crippen molar-refractivity contribution in [3.63, 3.8) is 0 Å². The maximum atomic E-state index is 12.3. The molecule has 2 N–H and O–H groups in total. The van der Waals surface area contributed by atoms with Gasteiger partial charge in [-0.05, 0) is 49.0 Å². The first-order chi connectivity index (χ1) is 12.8. The van der Waals surface area contributed by atoms with Gasteiger partial charge in [-0.1, -0.05) is 44.2 Å². The average molecular weight is 373 g/mol. The van der Waals surface area contributed by atoms with Gasteiger partial charge in [-0.25, -0.2) is 0 Å². The van der Waals surface area contributed by atoms with Crippen molar-refractivity contribution in [2.45, 2.75) is 69.9 Å². The summed E-state index contributed by atoms with van der Waals surface area (Å²) in [6, 6.07) is 10.8. The molecule has 2 aliphatic carbocycles. The van der Waals surface area contributed by atoms with Gasteiger partial charge in [0.05, 0.1) is 6.54 Å². The molecular formula is C22H32N2O3. The lowest BCUT2D eigenvalue weighted by Crippen LogP contribution is -2.55. The summed E-state index contributed by atoms with van der Waals surface area (Å²) < 4.78 is 0. The van der Waals surface area contributed by atoms with Gasteiger partial charge < -0.3 is 10.4 Å². The summed E-state index contributed by atoms with van der Waals surface area (Å²) in [6.45, 7) is 5.36. The summed E-state index contributed by atoms with van der Waals surface area (Å²) in [5, 5.41) is 12.3. The Bertz CT molecular complexity index is 649. The van der Waals surface area contributed by atoms with Crippen LogP contribution >= 0.6 is 0 Å². The van der Waals surface area contributed by atoms with E-state index >= 15 is 0 Å². The molecule has 0 bridgehead atoms. The summed E-state index contributed by atoms with van der Waals surface area (Å²) in [4.78, 5) is 25.5. The highest BCUT2D eigenvalue weighted by molar-refractivity contribution is 5.76. The number of amides is 1. The fourth-order valence-electron chi connectivity index (χ4n) is 3.91. The predicted molar refractivity (Wildman–Crippen MR) is 106 cm³/mol. The van der Waals surface area contributed by atoms with Gasteiger partial charge in [-0.3, -0.25) is 14.5 Å². The molecule has 0 aromatic heterocycles. The third-order valence-electron chi connectivity index (χ3n) is 6.06. The fourth-order valence-corrected chi connectivity index (χ4v) is 3.91. The Labute approximate surface area is 162 Å². The molecule has 2 aliphatic rings. The summed E-state index contributed by atoms with van der Waals surface area (Å²) in [7, 11) is 0. The van der Waals surface area contributed by atoms with E-state index < -0.39 is 5.97 Å². The van der Waals surface area contributed by atoms with Crippen LogP contribution in [0.15, 0.2) is 30.3 Å². The summed E-state index contributed by atoms with van der Waals surface area (Å²) in [5.41, 5.74) is 1.23. The van der Waals surface area contributed by atoms with Crippen LogP contribution in [0.4, 0.5) is 0 Å². The Hall–Kier alpha value is -1.88. The van der Waals surface area contributed by atoms with Gasteiger partial charge in [0.25, 0.3) is 0 Å². The molecule has 0 atom stereocenters. The second kappa shape index (κ2) is 8.42. The number of benzene rings is 1. The highest BCUT2D eigenvalue weighted by Crippen LogP contribution is 2.34. The molecule has 2 saturated carbocycles. The number of carboxylic acid groups (broad SMARTS) is 1. The van der Waals surface area contributed by atoms with Gasteiger partial charge >= 0.3 is 5.97 Å². The Kier molecular flexibility index (Phi) is 6.20. The number of carbonyl (C=O) groups is 2. The molecule has 0 unspecified atom stereocenters. The smallest absolute Gasteiger partial charge is 0.317 e. The Morgan fingerprint density at radius 3 is 2.44 bits per heavy atom. The van der Waals surface area contributed by atoms with Crippen LogP contribution in [0.2, 0.25) is 0 Å². The van der Waals surface area contributed by atoms with Crippen LogP contribution in [0.3, 0.4) is 0 Å². The minimum absolute atomic E-state index is 0.0245. The lowest BCUT2D eigenvalue weighted by atomic mass is 9.80. The first-order valence-corrected chi connectivity index (χ1v) is 10.1. The third kappa shape index (κ3) is 5.80. The maximum Gasteiger partial charge on any atom is 0.317 e. The molecule has 2 fully saturated rings. The van der Waals surface area contributed by atoms with Crippen molar-refractivity contribution in [3.8, 4) is 0 Å². The Morgan fingerprint density at radius 2 is 1.85 bits per heavy atom. The largest absolute Gasteiger partial charge is 0.480 e. The first kappa shape index (κ1) is 19.9. The molecule has 0 heterocycles. The predicted octanol–water partition coefficient (Wildman–Crippen LogP) is 3.19. The van der Waals surface area contributed by atoms with Crippen molar-refractivity contribution in [2.75, 3.05) is 13.1 Å². The van der Waals surface area contributed by atoms with Gasteiger partial charge in [-0.15, -0.1) is 0 Å². The van der Waals surface area contributed by atoms with Crippen LogP contribution in [0.25, 0.3) is 0 Å². The first-order valence-electron chi connectivity index (χ1n) is 10.1. The van der Waals surface area contributed by atoms with E-state index in [9.17, 15) is 9.59 Å². The lowest BCUT2D eigenvalue weighted by molar-refractivity contribution is -0.140. The van der Waals surface area contributed by atoms with Gasteiger partial charge in [0.1, 0.15) is 0 Å². The minimum atomic E-state index is -0.758. The van der Waals surface area contributed by atoms with Crippen molar-refractivity contribution in [3.05, 3.63) is 35.9 Å². The molecule has 0 spiro atoms. The van der Waals surface area contributed by atoms with Crippen molar-refractivity contribution in [2.24, 2.45) is 5.92 Å². The molecular weight excluding hydrogens is 340 g/mol. The normalized spacial score (nSPS) is 22.3. The van der Waals surface area contributed by atoms with E-state index in [0.717, 1.165) is 25.8 Å². The number of aliphatic carboxylic acids is 1. The SMILES string of the molecule is CC(C)(CCC(=O)NC1CC(N(CC(=O)O)CC2CC2)C1)c1ccccc1. The van der Waals surface area contributed by atoms with E-state index in [1.165, 1.54) is 18.4 Å². The number of carboxylic acids is 1. The van der Waals surface area contributed by atoms with E-state index in [2.05, 4.69) is 36.2 Å². The van der Waals surface area contributed by atoms with Crippen LogP contribution in [-0.4, -0.2) is 47.1 Å². The fraction of sp³-hybridized carbons (Fsp3) is 0.636. The van der Waals surface area contributed by atoms with E-state index in [1.54, 1.807) is 0 Å². The van der Waals surface area contributed by atoms with Gasteiger partial charge in [0.2, 0.25) is 5.91 Å². The number of nitrogens with one attached hydrogen (secondary N) is 1. The van der Waals surface area contributed by atoms with Crippen LogP contribution in [-0.2, 0) is 15.0 Å². The monoisotopic (exact) mass is 372 g/mol. The molecule has 5 nitrogen and oxygen atoms in total. The summed E-state index contributed by atoms with van der Waals surface area (Å²) in [5.74, 6) is 0.0268. The van der Waals surface area contributed by atoms with Crippen molar-refractivity contribution in [1.29, 1.82) is 0 Å². The number of carbonyl (C=O) groups excluding carboxylic acids is 1. The van der Waals surface area contributed by atoms with Gasteiger partial charge in [0, 0.05) is 25.0 Å². The highest BCUT2D eigenvalue weighted by Gasteiger charge is 2.37. The minimum Gasteiger partial charge on any atom is -0.480 e. The van der Waals surface area contributed by atoms with Crippen molar-refractivity contribution in [1.82, 2.24) is 10.2 Å². The van der Waals surface area contributed by atoms with Crippen LogP contribution in [0.5, 0.6) is 0 Å². The molecule has 0 radical (unpaired) electrons. The van der Waals surface area contributed by atoms with E-state index in [1.807, 2.05) is 18.2 Å². The van der Waals surface area contributed by atoms with Gasteiger partial charge in [0.15, 0.2) is 0 Å². The summed E-state index contributed by atoms with van der Waals surface area (Å²) in [6.07, 6.45) is 5.51. The van der Waals surface area contributed by atoms with Gasteiger partial charge in [-0.2, -0.15) is 0 Å². The number of nitrogens with zero attached hydrogens (tertiary/aromatic N) is 1. The molecule has 5 heteroatoms. The molecule has 3 rings (SSSR count). The van der Waals surface area contributed by atoms with Crippen molar-refractivity contribution >= 4 is 11.9 Å². The van der Waals surface area contributed by atoms with Crippen LogP contribution in [0, 0.1) is 5.92 Å². The second-order valence-electron chi connectivity index (χ2n) is 8.91. The van der Waals surface area contributed by atoms with E-state index in [4.69, 9.17) is 5.11 Å².